The Bertz CT molecular complexity index is 1070. The van der Waals surface area contributed by atoms with E-state index in [1.165, 1.54) is 0 Å². The summed E-state index contributed by atoms with van der Waals surface area (Å²) in [5.74, 6) is 0.512. The number of likely N-dealkylation sites (tertiary alicyclic amines) is 2. The fourth-order valence-electron chi connectivity index (χ4n) is 5.78. The Hall–Kier alpha value is -2.37. The zero-order valence-electron chi connectivity index (χ0n) is 24.2. The predicted molar refractivity (Wildman–Crippen MR) is 153 cm³/mol. The number of nitrogens with one attached hydrogen (secondary N) is 1. The normalized spacial score (nSPS) is 21.2. The fraction of sp³-hybridized carbons (Fsp3) is 0.724. The van der Waals surface area contributed by atoms with Crippen molar-refractivity contribution in [1.29, 1.82) is 0 Å². The minimum absolute atomic E-state index is 0.0849. The molecule has 0 bridgehead atoms. The Morgan fingerprint density at radius 2 is 1.52 bits per heavy atom. The van der Waals surface area contributed by atoms with Crippen LogP contribution >= 0.6 is 0 Å². The van der Waals surface area contributed by atoms with E-state index in [0.29, 0.717) is 57.8 Å². The smallest absolute Gasteiger partial charge is 0.410 e. The average Bonchev–Trinajstić information content (AvgIpc) is 2.92. The van der Waals surface area contributed by atoms with E-state index in [2.05, 4.69) is 10.2 Å². The van der Waals surface area contributed by atoms with Crippen LogP contribution in [0.25, 0.3) is 0 Å². The third kappa shape index (κ3) is 8.81. The molecule has 0 atom stereocenters. The standard InChI is InChI=1S/C29H46N4O6S/c1-29(2,3)39-28(35)32-17-9-23(10-18-32)21-31-15-13-26(14-16-31)40(36,37)33-19-11-25(12-20-33)30-27(34)38-22-24-7-5-4-6-8-24/h4-8,23,25-26H,9-22H2,1-3H3,(H,30,34). The zero-order valence-corrected chi connectivity index (χ0v) is 25.0. The van der Waals surface area contributed by atoms with Gasteiger partial charge in [0.25, 0.3) is 0 Å². The number of amides is 2. The largest absolute Gasteiger partial charge is 0.445 e. The highest BCUT2D eigenvalue weighted by Crippen LogP contribution is 2.27. The van der Waals surface area contributed by atoms with E-state index in [4.69, 9.17) is 9.47 Å². The molecule has 2 amide bonds. The molecule has 3 aliphatic heterocycles. The lowest BCUT2D eigenvalue weighted by Gasteiger charge is -2.39. The predicted octanol–water partition coefficient (Wildman–Crippen LogP) is 3.82. The van der Waals surface area contributed by atoms with Crippen molar-refractivity contribution in [3.63, 3.8) is 0 Å². The zero-order chi connectivity index (χ0) is 28.8. The summed E-state index contributed by atoms with van der Waals surface area (Å²) in [6, 6.07) is 9.43. The van der Waals surface area contributed by atoms with Gasteiger partial charge in [-0.15, -0.1) is 0 Å². The second-order valence-corrected chi connectivity index (χ2v) is 14.5. The summed E-state index contributed by atoms with van der Waals surface area (Å²) >= 11 is 0. The molecule has 3 aliphatic rings. The van der Waals surface area contributed by atoms with E-state index in [1.807, 2.05) is 51.1 Å². The molecular weight excluding hydrogens is 532 g/mol. The number of carbonyl (C=O) groups is 2. The van der Waals surface area contributed by atoms with Gasteiger partial charge in [-0.2, -0.15) is 0 Å². The number of sulfonamides is 1. The number of alkyl carbamates (subject to hydrolysis) is 1. The SMILES string of the molecule is CC(C)(C)OC(=O)N1CCC(CN2CCC(S(=O)(=O)N3CCC(NC(=O)OCc4ccccc4)CC3)CC2)CC1. The van der Waals surface area contributed by atoms with Gasteiger partial charge in [0, 0.05) is 38.8 Å². The quantitative estimate of drug-likeness (QED) is 0.524. The molecule has 11 heteroatoms. The third-order valence-corrected chi connectivity index (χ3v) is 10.5. The number of nitrogens with zero attached hydrogens (tertiary/aromatic N) is 3. The van der Waals surface area contributed by atoms with Gasteiger partial charge < -0.3 is 24.6 Å². The van der Waals surface area contributed by atoms with E-state index >= 15 is 0 Å². The summed E-state index contributed by atoms with van der Waals surface area (Å²) in [5, 5.41) is 2.54. The molecule has 3 heterocycles. The minimum Gasteiger partial charge on any atom is -0.445 e. The van der Waals surface area contributed by atoms with Crippen LogP contribution in [-0.4, -0.2) is 97.4 Å². The number of hydrogen-bond donors (Lipinski definition) is 1. The van der Waals surface area contributed by atoms with Crippen LogP contribution < -0.4 is 5.32 Å². The van der Waals surface area contributed by atoms with Crippen molar-refractivity contribution in [2.75, 3.05) is 45.8 Å². The first kappa shape index (κ1) is 30.6. The molecule has 0 aromatic heterocycles. The van der Waals surface area contributed by atoms with Gasteiger partial charge in [0.2, 0.25) is 10.0 Å². The molecule has 0 unspecified atom stereocenters. The highest BCUT2D eigenvalue weighted by molar-refractivity contribution is 7.89. The molecule has 0 spiro atoms. The van der Waals surface area contributed by atoms with Crippen LogP contribution in [0.5, 0.6) is 0 Å². The van der Waals surface area contributed by atoms with Crippen LogP contribution in [0.4, 0.5) is 9.59 Å². The molecule has 1 aromatic rings. The van der Waals surface area contributed by atoms with Gasteiger partial charge in [0.05, 0.1) is 5.25 Å². The summed E-state index contributed by atoms with van der Waals surface area (Å²) in [6.45, 7) is 10.6. The number of benzene rings is 1. The first-order valence-electron chi connectivity index (χ1n) is 14.7. The van der Waals surface area contributed by atoms with Crippen molar-refractivity contribution in [2.45, 2.75) is 82.8 Å². The summed E-state index contributed by atoms with van der Waals surface area (Å²) in [5.41, 5.74) is 0.440. The van der Waals surface area contributed by atoms with E-state index < -0.39 is 21.7 Å². The number of rotatable bonds is 7. The molecule has 10 nitrogen and oxygen atoms in total. The number of ether oxygens (including phenoxy) is 2. The van der Waals surface area contributed by atoms with Crippen LogP contribution in [0.3, 0.4) is 0 Å². The molecule has 0 radical (unpaired) electrons. The topological polar surface area (TPSA) is 108 Å². The molecule has 40 heavy (non-hydrogen) atoms. The maximum Gasteiger partial charge on any atom is 0.410 e. The summed E-state index contributed by atoms with van der Waals surface area (Å²) < 4.78 is 39.2. The van der Waals surface area contributed by atoms with Gasteiger partial charge in [-0.05, 0) is 83.9 Å². The van der Waals surface area contributed by atoms with Gasteiger partial charge in [-0.3, -0.25) is 0 Å². The second kappa shape index (κ2) is 13.5. The van der Waals surface area contributed by atoms with Crippen molar-refractivity contribution in [1.82, 2.24) is 19.4 Å². The summed E-state index contributed by atoms with van der Waals surface area (Å²) in [6.07, 6.45) is 3.64. The monoisotopic (exact) mass is 578 g/mol. The van der Waals surface area contributed by atoms with Gasteiger partial charge >= 0.3 is 12.2 Å². The Balaban J connectivity index is 1.13. The van der Waals surface area contributed by atoms with E-state index in [9.17, 15) is 18.0 Å². The number of carbonyl (C=O) groups excluding carboxylic acids is 2. The molecule has 3 saturated heterocycles. The van der Waals surface area contributed by atoms with Crippen molar-refractivity contribution in [2.24, 2.45) is 5.92 Å². The maximum absolute atomic E-state index is 13.4. The molecule has 0 saturated carbocycles. The Labute approximate surface area is 239 Å². The first-order valence-corrected chi connectivity index (χ1v) is 16.2. The van der Waals surface area contributed by atoms with Crippen LogP contribution in [0, 0.1) is 5.92 Å². The second-order valence-electron chi connectivity index (χ2n) is 12.3. The minimum atomic E-state index is -3.37. The van der Waals surface area contributed by atoms with Crippen molar-refractivity contribution < 1.29 is 27.5 Å². The van der Waals surface area contributed by atoms with E-state index in [-0.39, 0.29) is 24.0 Å². The van der Waals surface area contributed by atoms with Crippen molar-refractivity contribution >= 4 is 22.2 Å². The highest BCUT2D eigenvalue weighted by atomic mass is 32.2. The van der Waals surface area contributed by atoms with Gasteiger partial charge in [0.15, 0.2) is 0 Å². The van der Waals surface area contributed by atoms with Crippen LogP contribution in [0.15, 0.2) is 30.3 Å². The lowest BCUT2D eigenvalue weighted by molar-refractivity contribution is 0.0167. The van der Waals surface area contributed by atoms with E-state index in [0.717, 1.165) is 38.0 Å². The van der Waals surface area contributed by atoms with Crippen molar-refractivity contribution in [3.05, 3.63) is 35.9 Å². The molecule has 4 rings (SSSR count). The molecule has 1 N–H and O–H groups in total. The molecular formula is C29H46N4O6S. The van der Waals surface area contributed by atoms with Crippen molar-refractivity contribution in [3.8, 4) is 0 Å². The van der Waals surface area contributed by atoms with Gasteiger partial charge in [0.1, 0.15) is 12.2 Å². The van der Waals surface area contributed by atoms with Crippen LogP contribution in [-0.2, 0) is 26.1 Å². The maximum atomic E-state index is 13.4. The molecule has 224 valence electrons. The summed E-state index contributed by atoms with van der Waals surface area (Å²) in [7, 11) is -3.37. The van der Waals surface area contributed by atoms with E-state index in [1.54, 1.807) is 9.21 Å². The number of hydrogen-bond acceptors (Lipinski definition) is 7. The van der Waals surface area contributed by atoms with Gasteiger partial charge in [-0.1, -0.05) is 30.3 Å². The Kier molecular flexibility index (Phi) is 10.3. The highest BCUT2D eigenvalue weighted by Gasteiger charge is 2.37. The number of piperidine rings is 3. The fourth-order valence-corrected chi connectivity index (χ4v) is 7.72. The Morgan fingerprint density at radius 3 is 2.12 bits per heavy atom. The van der Waals surface area contributed by atoms with Crippen LogP contribution in [0.1, 0.15) is 64.9 Å². The third-order valence-electron chi connectivity index (χ3n) is 8.09. The lowest BCUT2D eigenvalue weighted by atomic mass is 9.95. The average molecular weight is 579 g/mol. The molecule has 1 aromatic carbocycles. The first-order chi connectivity index (χ1) is 19.0. The van der Waals surface area contributed by atoms with Gasteiger partial charge in [-0.25, -0.2) is 22.3 Å². The Morgan fingerprint density at radius 1 is 0.900 bits per heavy atom. The summed E-state index contributed by atoms with van der Waals surface area (Å²) in [4.78, 5) is 28.7. The van der Waals surface area contributed by atoms with Crippen LogP contribution in [0.2, 0.25) is 0 Å². The lowest BCUT2D eigenvalue weighted by Crippen LogP contribution is -2.51. The molecule has 0 aliphatic carbocycles. The molecule has 3 fully saturated rings.